The van der Waals surface area contributed by atoms with Crippen LogP contribution in [0.1, 0.15) is 112 Å². The highest BCUT2D eigenvalue weighted by atomic mass is 32.2. The zero-order valence-corrected chi connectivity index (χ0v) is 26.0. The number of nitrogens with one attached hydrogen (secondary N) is 1. The lowest BCUT2D eigenvalue weighted by atomic mass is 9.91. The number of nitrogens with zero attached hydrogens (tertiary/aromatic N) is 2. The second-order valence-electron chi connectivity index (χ2n) is 12.0. The maximum Gasteiger partial charge on any atom is 0.329 e. The number of anilines is 1. The van der Waals surface area contributed by atoms with Gasteiger partial charge in [0.05, 0.1) is 7.11 Å². The lowest BCUT2D eigenvalue weighted by Gasteiger charge is -2.32. The van der Waals surface area contributed by atoms with E-state index in [9.17, 15) is 4.79 Å². The van der Waals surface area contributed by atoms with Gasteiger partial charge in [-0.3, -0.25) is 0 Å². The predicted octanol–water partition coefficient (Wildman–Crippen LogP) is 8.64. The molecule has 5 nitrogen and oxygen atoms in total. The Kier molecular flexibility index (Phi) is 16.2. The number of aryl methyl sites for hydroxylation is 1. The number of esters is 1. The fourth-order valence-electron chi connectivity index (χ4n) is 4.52. The van der Waals surface area contributed by atoms with Crippen LogP contribution in [0.4, 0.5) is 5.95 Å². The predicted molar refractivity (Wildman–Crippen MR) is 161 cm³/mol. The highest BCUT2D eigenvalue weighted by molar-refractivity contribution is 8.00. The van der Waals surface area contributed by atoms with Gasteiger partial charge in [0.1, 0.15) is 6.04 Å². The van der Waals surface area contributed by atoms with Crippen LogP contribution in [0.15, 0.2) is 24.0 Å². The molecule has 0 aromatic carbocycles. The van der Waals surface area contributed by atoms with Crippen LogP contribution >= 0.6 is 11.8 Å². The number of rotatable bonds is 19. The smallest absolute Gasteiger partial charge is 0.329 e. The van der Waals surface area contributed by atoms with E-state index in [2.05, 4.69) is 69.8 Å². The van der Waals surface area contributed by atoms with Gasteiger partial charge in [-0.1, -0.05) is 84.3 Å². The number of ether oxygens (including phenoxy) is 1. The Morgan fingerprint density at radius 2 is 1.54 bits per heavy atom. The molecule has 0 saturated heterocycles. The largest absolute Gasteiger partial charge is 0.467 e. The fraction of sp³-hybridized carbons (Fsp3) is 0.774. The van der Waals surface area contributed by atoms with Gasteiger partial charge in [-0.05, 0) is 63.9 Å². The molecule has 6 heteroatoms. The van der Waals surface area contributed by atoms with Crippen LogP contribution in [-0.2, 0) is 9.53 Å². The molecule has 0 radical (unpaired) electrons. The summed E-state index contributed by atoms with van der Waals surface area (Å²) >= 11 is 1.75. The number of thioether (sulfide) groups is 1. The Morgan fingerprint density at radius 1 is 1.00 bits per heavy atom. The molecule has 0 fully saturated rings. The Balaban J connectivity index is 2.38. The zero-order chi connectivity index (χ0) is 27.8. The van der Waals surface area contributed by atoms with Gasteiger partial charge in [0.15, 0.2) is 0 Å². The minimum atomic E-state index is -0.544. The van der Waals surface area contributed by atoms with Crippen molar-refractivity contribution in [2.75, 3.05) is 18.2 Å². The quantitative estimate of drug-likeness (QED) is 0.142. The average Bonchev–Trinajstić information content (AvgIpc) is 2.82. The van der Waals surface area contributed by atoms with Crippen molar-refractivity contribution in [2.45, 2.75) is 124 Å². The molecule has 0 aliphatic heterocycles. The van der Waals surface area contributed by atoms with Gasteiger partial charge in [0.25, 0.3) is 0 Å². The molecule has 37 heavy (non-hydrogen) atoms. The first kappa shape index (κ1) is 33.5. The van der Waals surface area contributed by atoms with Crippen molar-refractivity contribution in [2.24, 2.45) is 17.8 Å². The van der Waals surface area contributed by atoms with Crippen molar-refractivity contribution < 1.29 is 9.53 Å². The number of allylic oxidation sites excluding steroid dienone is 1. The molecular formula is C31H55N3O2S. The highest BCUT2D eigenvalue weighted by Crippen LogP contribution is 2.31. The molecule has 0 aliphatic carbocycles. The molecule has 0 spiro atoms. The molecule has 1 aromatic heterocycles. The molecule has 3 atom stereocenters. The first-order valence-electron chi connectivity index (χ1n) is 14.4. The summed E-state index contributed by atoms with van der Waals surface area (Å²) in [4.78, 5) is 21.1. The monoisotopic (exact) mass is 533 g/mol. The molecule has 1 heterocycles. The fourth-order valence-corrected chi connectivity index (χ4v) is 5.64. The molecule has 1 aromatic rings. The maximum atomic E-state index is 12.5. The van der Waals surface area contributed by atoms with Crippen LogP contribution in [-0.4, -0.2) is 39.6 Å². The van der Waals surface area contributed by atoms with Gasteiger partial charge >= 0.3 is 5.97 Å². The van der Waals surface area contributed by atoms with Crippen LogP contribution in [0, 0.1) is 24.7 Å². The summed E-state index contributed by atoms with van der Waals surface area (Å²) in [6.07, 6.45) is 17.7. The SMILES string of the molecule is COC(=O)C(Nc1ncc(C)cn1)C(C)(C)SC/C=C(\C)CCCC(C)CCCC(C)CCCC(C)C. The molecule has 0 bridgehead atoms. The van der Waals surface area contributed by atoms with Crippen molar-refractivity contribution >= 4 is 23.7 Å². The molecule has 1 rings (SSSR count). The lowest BCUT2D eigenvalue weighted by Crippen LogP contribution is -2.46. The van der Waals surface area contributed by atoms with Crippen molar-refractivity contribution in [3.05, 3.63) is 29.6 Å². The first-order valence-corrected chi connectivity index (χ1v) is 15.4. The number of carbonyl (C=O) groups excluding carboxylic acids is 1. The molecule has 1 N–H and O–H groups in total. The van der Waals surface area contributed by atoms with E-state index in [1.807, 2.05) is 6.92 Å². The molecule has 3 unspecified atom stereocenters. The number of methoxy groups -OCH3 is 1. The summed E-state index contributed by atoms with van der Waals surface area (Å²) in [5.41, 5.74) is 2.41. The average molecular weight is 534 g/mol. The second kappa shape index (κ2) is 17.9. The van der Waals surface area contributed by atoms with Crippen LogP contribution in [0.3, 0.4) is 0 Å². The Hall–Kier alpha value is -1.56. The summed E-state index contributed by atoms with van der Waals surface area (Å²) in [7, 11) is 1.42. The van der Waals surface area contributed by atoms with E-state index in [0.29, 0.717) is 5.95 Å². The van der Waals surface area contributed by atoms with E-state index in [1.165, 1.54) is 64.0 Å². The third kappa shape index (κ3) is 14.8. The molecule has 0 amide bonds. The Bertz CT molecular complexity index is 792. The van der Waals surface area contributed by atoms with E-state index < -0.39 is 10.8 Å². The molecule has 0 aliphatic rings. The summed E-state index contributed by atoms with van der Waals surface area (Å²) < 4.78 is 4.69. The first-order chi connectivity index (χ1) is 17.4. The van der Waals surface area contributed by atoms with Crippen molar-refractivity contribution in [3.63, 3.8) is 0 Å². The minimum absolute atomic E-state index is 0.304. The minimum Gasteiger partial charge on any atom is -0.467 e. The van der Waals surface area contributed by atoms with Crippen LogP contribution in [0.5, 0.6) is 0 Å². The zero-order valence-electron chi connectivity index (χ0n) is 25.2. The van der Waals surface area contributed by atoms with Crippen LogP contribution in [0.2, 0.25) is 0 Å². The van der Waals surface area contributed by atoms with Crippen LogP contribution < -0.4 is 5.32 Å². The van der Waals surface area contributed by atoms with Crippen LogP contribution in [0.25, 0.3) is 0 Å². The van der Waals surface area contributed by atoms with Gasteiger partial charge in [-0.2, -0.15) is 0 Å². The third-order valence-electron chi connectivity index (χ3n) is 7.21. The number of hydrogen-bond acceptors (Lipinski definition) is 6. The van der Waals surface area contributed by atoms with Gasteiger partial charge in [0.2, 0.25) is 5.95 Å². The van der Waals surface area contributed by atoms with Crippen molar-refractivity contribution in [3.8, 4) is 0 Å². The van der Waals surface area contributed by atoms with Gasteiger partial charge in [-0.15, -0.1) is 11.8 Å². The van der Waals surface area contributed by atoms with E-state index in [0.717, 1.165) is 35.5 Å². The van der Waals surface area contributed by atoms with Crippen molar-refractivity contribution in [1.82, 2.24) is 9.97 Å². The van der Waals surface area contributed by atoms with Crippen molar-refractivity contribution in [1.29, 1.82) is 0 Å². The van der Waals surface area contributed by atoms with E-state index in [1.54, 1.807) is 24.2 Å². The molecule has 0 saturated carbocycles. The van der Waals surface area contributed by atoms with Gasteiger partial charge < -0.3 is 10.1 Å². The third-order valence-corrected chi connectivity index (χ3v) is 8.53. The molecule has 212 valence electrons. The number of carbonyl (C=O) groups is 1. The normalized spacial score (nSPS) is 14.9. The van der Waals surface area contributed by atoms with E-state index >= 15 is 0 Å². The highest BCUT2D eigenvalue weighted by Gasteiger charge is 2.37. The topological polar surface area (TPSA) is 64.1 Å². The summed E-state index contributed by atoms with van der Waals surface area (Å²) in [5, 5.41) is 3.18. The lowest BCUT2D eigenvalue weighted by molar-refractivity contribution is -0.142. The summed E-state index contributed by atoms with van der Waals surface area (Å²) in [5.74, 6) is 3.50. The van der Waals surface area contributed by atoms with Gasteiger partial charge in [0, 0.05) is 22.9 Å². The second-order valence-corrected chi connectivity index (χ2v) is 13.7. The standard InChI is InChI=1S/C31H55N3O2S/c1-23(2)13-10-14-24(3)15-11-16-25(4)17-12-18-26(5)19-20-37-31(7,8)28(29(35)36-9)34-30-32-21-27(6)22-33-30/h19,21-25,28H,10-18,20H2,1-9H3,(H,32,33,34)/b26-19+. The maximum absolute atomic E-state index is 12.5. The summed E-state index contributed by atoms with van der Waals surface area (Å²) in [6.45, 7) is 17.8. The number of aromatic nitrogens is 2. The van der Waals surface area contributed by atoms with E-state index in [4.69, 9.17) is 4.74 Å². The number of hydrogen-bond donors (Lipinski definition) is 1. The van der Waals surface area contributed by atoms with Gasteiger partial charge in [-0.25, -0.2) is 14.8 Å². The van der Waals surface area contributed by atoms with E-state index in [-0.39, 0.29) is 5.97 Å². The summed E-state index contributed by atoms with van der Waals surface area (Å²) in [6, 6.07) is -0.544. The Morgan fingerprint density at radius 3 is 2.08 bits per heavy atom. The molecular weight excluding hydrogens is 478 g/mol. The Labute approximate surface area is 232 Å².